The van der Waals surface area contributed by atoms with Crippen molar-refractivity contribution in [1.29, 1.82) is 0 Å². The van der Waals surface area contributed by atoms with Crippen LogP contribution in [0.3, 0.4) is 0 Å². The van der Waals surface area contributed by atoms with Crippen molar-refractivity contribution in [2.75, 3.05) is 19.0 Å². The van der Waals surface area contributed by atoms with Crippen molar-refractivity contribution in [3.05, 3.63) is 59.9 Å². The molecule has 0 saturated carbocycles. The first kappa shape index (κ1) is 15.0. The third-order valence-electron chi connectivity index (χ3n) is 3.25. The monoisotopic (exact) mass is 379 g/mol. The Labute approximate surface area is 134 Å². The minimum atomic E-state index is 1.03. The van der Waals surface area contributed by atoms with Crippen LogP contribution in [0.5, 0.6) is 0 Å². The fourth-order valence-corrected chi connectivity index (χ4v) is 2.69. The highest BCUT2D eigenvalue weighted by molar-refractivity contribution is 14.1. The lowest BCUT2D eigenvalue weighted by Gasteiger charge is -2.12. The SMILES string of the molecule is CCc1cccc[n+]1C=C(I)c1ccc(N(C)C)cc1. The molecule has 0 fully saturated rings. The van der Waals surface area contributed by atoms with Crippen LogP contribution in [-0.2, 0) is 6.42 Å². The topological polar surface area (TPSA) is 7.12 Å². The number of halogens is 1. The molecule has 1 heterocycles. The molecule has 0 bridgehead atoms. The molecule has 0 aliphatic rings. The summed E-state index contributed by atoms with van der Waals surface area (Å²) in [6.07, 6.45) is 5.32. The summed E-state index contributed by atoms with van der Waals surface area (Å²) in [5, 5.41) is 0. The highest BCUT2D eigenvalue weighted by atomic mass is 127. The maximum absolute atomic E-state index is 2.40. The molecule has 0 unspecified atom stereocenters. The van der Waals surface area contributed by atoms with Crippen molar-refractivity contribution in [3.8, 4) is 0 Å². The molecule has 0 saturated heterocycles. The first-order valence-electron chi connectivity index (χ1n) is 6.76. The summed E-state index contributed by atoms with van der Waals surface area (Å²) in [6, 6.07) is 15.0. The van der Waals surface area contributed by atoms with Gasteiger partial charge in [0.1, 0.15) is 0 Å². The van der Waals surface area contributed by atoms with Crippen LogP contribution in [-0.4, -0.2) is 14.1 Å². The molecular formula is C17H20IN2+. The highest BCUT2D eigenvalue weighted by Crippen LogP contribution is 2.23. The Hall–Kier alpha value is -1.36. The van der Waals surface area contributed by atoms with Crippen LogP contribution in [0, 0.1) is 0 Å². The molecule has 20 heavy (non-hydrogen) atoms. The van der Waals surface area contributed by atoms with Gasteiger partial charge < -0.3 is 4.90 Å². The van der Waals surface area contributed by atoms with Crippen LogP contribution in [0.15, 0.2) is 48.7 Å². The lowest BCUT2D eigenvalue weighted by atomic mass is 10.2. The summed E-state index contributed by atoms with van der Waals surface area (Å²) in [5.41, 5.74) is 3.78. The Bertz CT molecular complexity index is 601. The fourth-order valence-electron chi connectivity index (χ4n) is 2.03. The fraction of sp³-hybridized carbons (Fsp3) is 0.235. The van der Waals surface area contributed by atoms with Crippen LogP contribution in [0.1, 0.15) is 18.2 Å². The number of anilines is 1. The van der Waals surface area contributed by atoms with E-state index < -0.39 is 0 Å². The minimum Gasteiger partial charge on any atom is -0.378 e. The quantitative estimate of drug-likeness (QED) is 0.576. The van der Waals surface area contributed by atoms with Gasteiger partial charge in [0.05, 0.1) is 3.58 Å². The number of aromatic nitrogens is 1. The van der Waals surface area contributed by atoms with Gasteiger partial charge in [0.15, 0.2) is 18.1 Å². The molecule has 0 radical (unpaired) electrons. The van der Waals surface area contributed by atoms with Gasteiger partial charge in [0.2, 0.25) is 0 Å². The van der Waals surface area contributed by atoms with Crippen molar-refractivity contribution in [2.24, 2.45) is 0 Å². The van der Waals surface area contributed by atoms with E-state index >= 15 is 0 Å². The smallest absolute Gasteiger partial charge is 0.188 e. The van der Waals surface area contributed by atoms with E-state index in [4.69, 9.17) is 0 Å². The number of nitrogens with zero attached hydrogens (tertiary/aromatic N) is 2. The molecule has 0 N–H and O–H groups in total. The maximum Gasteiger partial charge on any atom is 0.188 e. The van der Waals surface area contributed by atoms with Gasteiger partial charge in [-0.15, -0.1) is 0 Å². The van der Waals surface area contributed by atoms with E-state index in [9.17, 15) is 0 Å². The van der Waals surface area contributed by atoms with Gasteiger partial charge in [0, 0.05) is 38.3 Å². The third-order valence-corrected chi connectivity index (χ3v) is 4.15. The molecule has 0 amide bonds. The Morgan fingerprint density at radius 1 is 1.15 bits per heavy atom. The van der Waals surface area contributed by atoms with E-state index in [1.165, 1.54) is 20.5 Å². The lowest BCUT2D eigenvalue weighted by Crippen LogP contribution is -2.30. The van der Waals surface area contributed by atoms with Gasteiger partial charge in [-0.1, -0.05) is 25.1 Å². The van der Waals surface area contributed by atoms with Gasteiger partial charge in [-0.05, 0) is 40.3 Å². The summed E-state index contributed by atoms with van der Waals surface area (Å²) in [4.78, 5) is 2.11. The Morgan fingerprint density at radius 3 is 2.45 bits per heavy atom. The molecule has 0 spiro atoms. The highest BCUT2D eigenvalue weighted by Gasteiger charge is 2.07. The number of benzene rings is 1. The molecule has 1 aromatic heterocycles. The van der Waals surface area contributed by atoms with Gasteiger partial charge in [-0.2, -0.15) is 4.57 Å². The van der Waals surface area contributed by atoms with E-state index in [0.717, 1.165) is 6.42 Å². The summed E-state index contributed by atoms with van der Waals surface area (Å²) >= 11 is 2.40. The average Bonchev–Trinajstić information content (AvgIpc) is 2.48. The van der Waals surface area contributed by atoms with E-state index in [2.05, 4.69) is 108 Å². The zero-order chi connectivity index (χ0) is 14.5. The zero-order valence-electron chi connectivity index (χ0n) is 12.2. The standard InChI is InChI=1S/C17H20IN2/c1-4-15-7-5-6-12-20(15)13-17(18)14-8-10-16(11-9-14)19(2)3/h5-13H,4H2,1-3H3/q+1. The van der Waals surface area contributed by atoms with Crippen LogP contribution in [0.2, 0.25) is 0 Å². The zero-order valence-corrected chi connectivity index (χ0v) is 14.3. The molecule has 0 aliphatic heterocycles. The second-order valence-corrected chi connectivity index (χ2v) is 6.03. The van der Waals surface area contributed by atoms with E-state index in [-0.39, 0.29) is 0 Å². The number of hydrogen-bond acceptors (Lipinski definition) is 1. The molecule has 0 atom stereocenters. The van der Waals surface area contributed by atoms with Gasteiger partial charge in [0.25, 0.3) is 0 Å². The normalized spacial score (nSPS) is 11.5. The van der Waals surface area contributed by atoms with Crippen molar-refractivity contribution >= 4 is 38.1 Å². The van der Waals surface area contributed by atoms with Crippen LogP contribution >= 0.6 is 22.6 Å². The molecule has 1 aromatic carbocycles. The molecule has 2 aromatic rings. The Balaban J connectivity index is 2.30. The number of pyridine rings is 1. The molecule has 2 nitrogen and oxygen atoms in total. The first-order valence-corrected chi connectivity index (χ1v) is 7.84. The lowest BCUT2D eigenvalue weighted by molar-refractivity contribution is -0.576. The molecular weight excluding hydrogens is 359 g/mol. The molecule has 2 rings (SSSR count). The average molecular weight is 379 g/mol. The number of hydrogen-bond donors (Lipinski definition) is 0. The molecule has 104 valence electrons. The molecule has 0 aliphatic carbocycles. The summed E-state index contributed by atoms with van der Waals surface area (Å²) in [7, 11) is 4.12. The van der Waals surface area contributed by atoms with Crippen LogP contribution in [0.25, 0.3) is 9.78 Å². The minimum absolute atomic E-state index is 1.03. The second kappa shape index (κ2) is 6.88. The second-order valence-electron chi connectivity index (χ2n) is 4.87. The van der Waals surface area contributed by atoms with Gasteiger partial charge in [-0.25, -0.2) is 0 Å². The van der Waals surface area contributed by atoms with Crippen molar-refractivity contribution in [3.63, 3.8) is 0 Å². The van der Waals surface area contributed by atoms with E-state index in [0.29, 0.717) is 0 Å². The van der Waals surface area contributed by atoms with E-state index in [1.54, 1.807) is 0 Å². The number of rotatable bonds is 4. The summed E-state index contributed by atoms with van der Waals surface area (Å²) in [5.74, 6) is 0. The van der Waals surface area contributed by atoms with Crippen LogP contribution < -0.4 is 9.47 Å². The van der Waals surface area contributed by atoms with Crippen molar-refractivity contribution in [2.45, 2.75) is 13.3 Å². The predicted molar refractivity (Wildman–Crippen MR) is 95.0 cm³/mol. The largest absolute Gasteiger partial charge is 0.378 e. The van der Waals surface area contributed by atoms with E-state index in [1.807, 2.05) is 0 Å². The van der Waals surface area contributed by atoms with Crippen molar-refractivity contribution in [1.82, 2.24) is 0 Å². The van der Waals surface area contributed by atoms with Crippen LogP contribution in [0.4, 0.5) is 5.69 Å². The predicted octanol–water partition coefficient (Wildman–Crippen LogP) is 3.99. The Kier molecular flexibility index (Phi) is 5.17. The maximum atomic E-state index is 2.40. The van der Waals surface area contributed by atoms with Gasteiger partial charge in [-0.3, -0.25) is 0 Å². The van der Waals surface area contributed by atoms with Gasteiger partial charge >= 0.3 is 0 Å². The Morgan fingerprint density at radius 2 is 1.85 bits per heavy atom. The summed E-state index contributed by atoms with van der Waals surface area (Å²) < 4.78 is 3.43. The number of aryl methyl sites for hydroxylation is 1. The summed E-state index contributed by atoms with van der Waals surface area (Å²) in [6.45, 7) is 2.18. The molecule has 3 heteroatoms. The van der Waals surface area contributed by atoms with Crippen molar-refractivity contribution < 1.29 is 4.57 Å². The first-order chi connectivity index (χ1) is 9.61. The third kappa shape index (κ3) is 3.60.